The van der Waals surface area contributed by atoms with Crippen LogP contribution in [0.15, 0.2) is 30.3 Å². The summed E-state index contributed by atoms with van der Waals surface area (Å²) >= 11 is 0. The van der Waals surface area contributed by atoms with Crippen molar-refractivity contribution in [1.29, 1.82) is 0 Å². The van der Waals surface area contributed by atoms with E-state index in [0.29, 0.717) is 6.42 Å². The van der Waals surface area contributed by atoms with E-state index in [9.17, 15) is 4.79 Å². The van der Waals surface area contributed by atoms with Gasteiger partial charge < -0.3 is 5.11 Å². The van der Waals surface area contributed by atoms with E-state index in [1.165, 1.54) is 0 Å². The Hall–Kier alpha value is -1.39. The van der Waals surface area contributed by atoms with Gasteiger partial charge in [0.25, 0.3) is 0 Å². The summed E-state index contributed by atoms with van der Waals surface area (Å²) in [4.78, 5) is 10.7. The molecule has 0 aliphatic heterocycles. The lowest BCUT2D eigenvalue weighted by molar-refractivity contribution is -0.137. The molecule has 0 amide bonds. The highest BCUT2D eigenvalue weighted by Gasteiger charge is 2.13. The third-order valence-electron chi connectivity index (χ3n) is 2.19. The van der Waals surface area contributed by atoms with E-state index < -0.39 is 5.97 Å². The van der Waals surface area contributed by atoms with Gasteiger partial charge in [0.15, 0.2) is 0 Å². The lowest BCUT2D eigenvalue weighted by atomic mass is 10.0. The van der Waals surface area contributed by atoms with Gasteiger partial charge in [-0.15, -0.1) is 0 Å². The van der Waals surface area contributed by atoms with Crippen molar-refractivity contribution in [2.75, 3.05) is 14.1 Å². The van der Waals surface area contributed by atoms with Crippen molar-refractivity contribution in [2.24, 2.45) is 0 Å². The summed E-state index contributed by atoms with van der Waals surface area (Å²) in [6.07, 6.45) is 0.832. The summed E-state index contributed by atoms with van der Waals surface area (Å²) in [7, 11) is 3.72. The maximum atomic E-state index is 10.7. The van der Waals surface area contributed by atoms with Crippen molar-refractivity contribution < 1.29 is 9.90 Å². The predicted molar refractivity (Wildman–Crippen MR) is 63.0 cm³/mol. The standard InChI is InChI=1S/C12H18N2O2/c1-14(2)13-11(9-12(15)16)8-10-6-4-3-5-7-10/h3-7,11,13H,8-9H2,1-2H3,(H,15,16). The normalized spacial score (nSPS) is 12.7. The highest BCUT2D eigenvalue weighted by molar-refractivity contribution is 5.67. The molecule has 1 aromatic carbocycles. The molecule has 1 unspecified atom stereocenters. The molecule has 1 atom stereocenters. The second-order valence-electron chi connectivity index (χ2n) is 4.01. The average Bonchev–Trinajstić information content (AvgIpc) is 2.16. The molecule has 0 aliphatic carbocycles. The number of nitrogens with one attached hydrogen (secondary N) is 1. The van der Waals surface area contributed by atoms with Crippen LogP contribution in [0.25, 0.3) is 0 Å². The fourth-order valence-corrected chi connectivity index (χ4v) is 1.64. The zero-order chi connectivity index (χ0) is 12.0. The van der Waals surface area contributed by atoms with Crippen molar-refractivity contribution in [3.63, 3.8) is 0 Å². The van der Waals surface area contributed by atoms with Crippen molar-refractivity contribution >= 4 is 5.97 Å². The van der Waals surface area contributed by atoms with Crippen LogP contribution in [0.2, 0.25) is 0 Å². The maximum Gasteiger partial charge on any atom is 0.304 e. The summed E-state index contributed by atoms with van der Waals surface area (Å²) in [5.74, 6) is -0.782. The van der Waals surface area contributed by atoms with Gasteiger partial charge in [0, 0.05) is 20.1 Å². The third kappa shape index (κ3) is 4.91. The van der Waals surface area contributed by atoms with E-state index in [1.54, 1.807) is 5.01 Å². The molecule has 2 N–H and O–H groups in total. The average molecular weight is 222 g/mol. The topological polar surface area (TPSA) is 52.6 Å². The van der Waals surface area contributed by atoms with Gasteiger partial charge in [0.2, 0.25) is 0 Å². The van der Waals surface area contributed by atoms with Crippen LogP contribution in [0.3, 0.4) is 0 Å². The molecule has 0 bridgehead atoms. The Kier molecular flexibility index (Phi) is 4.95. The van der Waals surface area contributed by atoms with Crippen LogP contribution in [-0.2, 0) is 11.2 Å². The van der Waals surface area contributed by atoms with Gasteiger partial charge in [-0.25, -0.2) is 0 Å². The summed E-state index contributed by atoms with van der Waals surface area (Å²) in [5.41, 5.74) is 4.25. The fourth-order valence-electron chi connectivity index (χ4n) is 1.64. The van der Waals surface area contributed by atoms with E-state index in [2.05, 4.69) is 5.43 Å². The first kappa shape index (κ1) is 12.7. The molecule has 1 rings (SSSR count). The lowest BCUT2D eigenvalue weighted by Gasteiger charge is -2.21. The van der Waals surface area contributed by atoms with Crippen LogP contribution in [0.4, 0.5) is 0 Å². The number of carboxylic acids is 1. The highest BCUT2D eigenvalue weighted by atomic mass is 16.4. The number of carboxylic acid groups (broad SMARTS) is 1. The Bertz CT molecular complexity index is 325. The van der Waals surface area contributed by atoms with Gasteiger partial charge in [-0.05, 0) is 12.0 Å². The number of nitrogens with zero attached hydrogens (tertiary/aromatic N) is 1. The third-order valence-corrected chi connectivity index (χ3v) is 2.19. The number of rotatable bonds is 6. The van der Waals surface area contributed by atoms with Gasteiger partial charge >= 0.3 is 5.97 Å². The van der Waals surface area contributed by atoms with Crippen LogP contribution < -0.4 is 5.43 Å². The minimum absolute atomic E-state index is 0.0742. The summed E-state index contributed by atoms with van der Waals surface area (Å²) in [6.45, 7) is 0. The van der Waals surface area contributed by atoms with Crippen molar-refractivity contribution in [2.45, 2.75) is 18.9 Å². The largest absolute Gasteiger partial charge is 0.481 e. The second-order valence-corrected chi connectivity index (χ2v) is 4.01. The molecule has 1 aromatic rings. The smallest absolute Gasteiger partial charge is 0.304 e. The van der Waals surface area contributed by atoms with Gasteiger partial charge in [-0.3, -0.25) is 15.2 Å². The molecule has 0 aliphatic rings. The SMILES string of the molecule is CN(C)NC(CC(=O)O)Cc1ccccc1. The first-order valence-corrected chi connectivity index (χ1v) is 5.27. The van der Waals surface area contributed by atoms with Crippen molar-refractivity contribution in [3.8, 4) is 0 Å². The zero-order valence-corrected chi connectivity index (χ0v) is 9.68. The number of aliphatic carboxylic acids is 1. The second kappa shape index (κ2) is 6.25. The Morgan fingerprint density at radius 2 is 2.00 bits per heavy atom. The van der Waals surface area contributed by atoms with Gasteiger partial charge in [-0.1, -0.05) is 30.3 Å². The Morgan fingerprint density at radius 1 is 1.38 bits per heavy atom. The fraction of sp³-hybridized carbons (Fsp3) is 0.417. The maximum absolute atomic E-state index is 10.7. The molecule has 88 valence electrons. The predicted octanol–water partition coefficient (Wildman–Crippen LogP) is 1.14. The van der Waals surface area contributed by atoms with Crippen LogP contribution in [0, 0.1) is 0 Å². The summed E-state index contributed by atoms with van der Waals surface area (Å²) < 4.78 is 0. The molecule has 0 heterocycles. The molecule has 0 spiro atoms. The molecule has 4 nitrogen and oxygen atoms in total. The highest BCUT2D eigenvalue weighted by Crippen LogP contribution is 2.06. The zero-order valence-electron chi connectivity index (χ0n) is 9.68. The number of hydrogen-bond donors (Lipinski definition) is 2. The molecular formula is C12H18N2O2. The van der Waals surface area contributed by atoms with Gasteiger partial charge in [0.1, 0.15) is 0 Å². The van der Waals surface area contributed by atoms with Crippen LogP contribution in [0.1, 0.15) is 12.0 Å². The lowest BCUT2D eigenvalue weighted by Crippen LogP contribution is -2.42. The molecule has 0 radical (unpaired) electrons. The number of benzene rings is 1. The molecule has 0 aromatic heterocycles. The van der Waals surface area contributed by atoms with Crippen molar-refractivity contribution in [3.05, 3.63) is 35.9 Å². The quantitative estimate of drug-likeness (QED) is 0.709. The Labute approximate surface area is 95.9 Å². The Balaban J connectivity index is 2.59. The first-order valence-electron chi connectivity index (χ1n) is 5.27. The minimum Gasteiger partial charge on any atom is -0.481 e. The molecule has 16 heavy (non-hydrogen) atoms. The van der Waals surface area contributed by atoms with E-state index in [0.717, 1.165) is 5.56 Å². The number of hydrazine groups is 1. The van der Waals surface area contributed by atoms with Crippen LogP contribution >= 0.6 is 0 Å². The number of carbonyl (C=O) groups is 1. The van der Waals surface area contributed by atoms with E-state index in [1.807, 2.05) is 44.4 Å². The van der Waals surface area contributed by atoms with Gasteiger partial charge in [0.05, 0.1) is 6.42 Å². The van der Waals surface area contributed by atoms with E-state index in [4.69, 9.17) is 5.11 Å². The molecule has 0 saturated heterocycles. The van der Waals surface area contributed by atoms with E-state index >= 15 is 0 Å². The minimum atomic E-state index is -0.782. The first-order chi connectivity index (χ1) is 7.58. The summed E-state index contributed by atoms with van der Waals surface area (Å²) in [6, 6.07) is 9.81. The van der Waals surface area contributed by atoms with Crippen LogP contribution in [0.5, 0.6) is 0 Å². The molecule has 0 fully saturated rings. The van der Waals surface area contributed by atoms with Gasteiger partial charge in [-0.2, -0.15) is 0 Å². The van der Waals surface area contributed by atoms with Crippen molar-refractivity contribution in [1.82, 2.24) is 10.4 Å². The van der Waals surface area contributed by atoms with E-state index in [-0.39, 0.29) is 12.5 Å². The number of hydrogen-bond acceptors (Lipinski definition) is 3. The molecular weight excluding hydrogens is 204 g/mol. The molecule has 4 heteroatoms. The summed E-state index contributed by atoms with van der Waals surface area (Å²) in [5, 5.41) is 10.6. The molecule has 0 saturated carbocycles. The van der Waals surface area contributed by atoms with Crippen LogP contribution in [-0.4, -0.2) is 36.2 Å². The monoisotopic (exact) mass is 222 g/mol. The Morgan fingerprint density at radius 3 is 2.50 bits per heavy atom.